The first-order chi connectivity index (χ1) is 9.69. The number of nitrogens with one attached hydrogen (secondary N) is 2. The maximum Gasteiger partial charge on any atom is 0.148 e. The van der Waals surface area contributed by atoms with Gasteiger partial charge in [-0.25, -0.2) is 20.8 Å². The Morgan fingerprint density at radius 1 is 1.35 bits per heavy atom. The van der Waals surface area contributed by atoms with Crippen molar-refractivity contribution in [3.63, 3.8) is 0 Å². The van der Waals surface area contributed by atoms with E-state index in [1.165, 1.54) is 0 Å². The first-order valence-electron chi connectivity index (χ1n) is 6.70. The summed E-state index contributed by atoms with van der Waals surface area (Å²) in [5, 5.41) is 6.43. The lowest BCUT2D eigenvalue weighted by atomic mass is 10.2. The van der Waals surface area contributed by atoms with Crippen LogP contribution < -0.4 is 16.6 Å². The summed E-state index contributed by atoms with van der Waals surface area (Å²) in [7, 11) is 0. The molecule has 2 aromatic rings. The molecule has 3 rings (SSSR count). The predicted octanol–water partition coefficient (Wildman–Crippen LogP) is 2.58. The molecule has 1 aliphatic rings. The van der Waals surface area contributed by atoms with Crippen molar-refractivity contribution < 1.29 is 0 Å². The minimum absolute atomic E-state index is 0.112. The molecule has 1 unspecified atom stereocenters. The molecular weight excluding hydrogens is 272 g/mol. The highest BCUT2D eigenvalue weighted by Crippen LogP contribution is 2.39. The molecule has 0 bridgehead atoms. The van der Waals surface area contributed by atoms with Gasteiger partial charge in [0.2, 0.25) is 0 Å². The van der Waals surface area contributed by atoms with Gasteiger partial charge < -0.3 is 10.7 Å². The van der Waals surface area contributed by atoms with Crippen LogP contribution in [-0.4, -0.2) is 15.0 Å². The smallest absolute Gasteiger partial charge is 0.148 e. The fourth-order valence-electron chi connectivity index (χ4n) is 2.05. The Bertz CT molecular complexity index is 593. The van der Waals surface area contributed by atoms with Gasteiger partial charge in [-0.1, -0.05) is 0 Å². The van der Waals surface area contributed by atoms with Crippen LogP contribution in [0.5, 0.6) is 0 Å². The van der Waals surface area contributed by atoms with Crippen molar-refractivity contribution in [1.82, 2.24) is 15.0 Å². The number of hydrazine groups is 1. The van der Waals surface area contributed by atoms with Crippen LogP contribution >= 0.6 is 11.3 Å². The number of hydrogen-bond acceptors (Lipinski definition) is 7. The molecule has 1 fully saturated rings. The third kappa shape index (κ3) is 2.59. The van der Waals surface area contributed by atoms with E-state index in [0.717, 1.165) is 35.1 Å². The van der Waals surface area contributed by atoms with Crippen LogP contribution in [0.4, 0.5) is 11.6 Å². The molecule has 2 heterocycles. The second kappa shape index (κ2) is 5.34. The summed E-state index contributed by atoms with van der Waals surface area (Å²) in [4.78, 5) is 13.5. The van der Waals surface area contributed by atoms with E-state index in [2.05, 4.69) is 32.6 Å². The average molecular weight is 290 g/mol. The van der Waals surface area contributed by atoms with E-state index in [1.54, 1.807) is 11.3 Å². The van der Waals surface area contributed by atoms with Crippen molar-refractivity contribution >= 4 is 23.0 Å². The zero-order valence-corrected chi connectivity index (χ0v) is 12.4. The molecule has 2 aromatic heterocycles. The van der Waals surface area contributed by atoms with Crippen LogP contribution in [0.2, 0.25) is 0 Å². The van der Waals surface area contributed by atoms with Crippen molar-refractivity contribution in [3.8, 4) is 0 Å². The number of rotatable bonds is 5. The Labute approximate surface area is 121 Å². The van der Waals surface area contributed by atoms with E-state index in [0.29, 0.717) is 11.7 Å². The van der Waals surface area contributed by atoms with Crippen LogP contribution in [0.15, 0.2) is 11.6 Å². The number of hydrogen-bond donors (Lipinski definition) is 3. The fraction of sp³-hybridized carbons (Fsp3) is 0.462. The summed E-state index contributed by atoms with van der Waals surface area (Å²) < 4.78 is 0. The Hall–Kier alpha value is -1.73. The number of thiazole rings is 1. The summed E-state index contributed by atoms with van der Waals surface area (Å²) >= 11 is 1.63. The van der Waals surface area contributed by atoms with Crippen molar-refractivity contribution in [2.45, 2.75) is 38.6 Å². The minimum atomic E-state index is 0.112. The van der Waals surface area contributed by atoms with E-state index in [9.17, 15) is 0 Å². The Balaban J connectivity index is 1.89. The second-order valence-corrected chi connectivity index (χ2v) is 5.99. The lowest BCUT2D eigenvalue weighted by Gasteiger charge is -2.16. The summed E-state index contributed by atoms with van der Waals surface area (Å²) in [5.74, 6) is 8.43. The van der Waals surface area contributed by atoms with Gasteiger partial charge in [0.15, 0.2) is 0 Å². The molecule has 0 saturated heterocycles. The normalized spacial score (nSPS) is 15.9. The first kappa shape index (κ1) is 13.3. The summed E-state index contributed by atoms with van der Waals surface area (Å²) in [6, 6.07) is 0.112. The van der Waals surface area contributed by atoms with Gasteiger partial charge in [-0.15, -0.1) is 11.3 Å². The summed E-state index contributed by atoms with van der Waals surface area (Å²) in [5.41, 5.74) is 3.59. The zero-order chi connectivity index (χ0) is 14.1. The fourth-order valence-corrected chi connectivity index (χ4v) is 2.70. The third-order valence-corrected chi connectivity index (χ3v) is 4.38. The van der Waals surface area contributed by atoms with Crippen LogP contribution in [-0.2, 0) is 0 Å². The van der Waals surface area contributed by atoms with Gasteiger partial charge in [0, 0.05) is 23.1 Å². The Morgan fingerprint density at radius 2 is 2.10 bits per heavy atom. The highest BCUT2D eigenvalue weighted by atomic mass is 32.1. The van der Waals surface area contributed by atoms with E-state index in [4.69, 9.17) is 5.84 Å². The van der Waals surface area contributed by atoms with Gasteiger partial charge in [-0.05, 0) is 26.7 Å². The molecule has 0 aromatic carbocycles. The largest absolute Gasteiger partial charge is 0.361 e. The molecule has 6 nitrogen and oxygen atoms in total. The highest BCUT2D eigenvalue weighted by molar-refractivity contribution is 7.09. The molecule has 106 valence electrons. The van der Waals surface area contributed by atoms with Crippen molar-refractivity contribution in [2.75, 3.05) is 10.7 Å². The van der Waals surface area contributed by atoms with Gasteiger partial charge in [-0.2, -0.15) is 0 Å². The standard InChI is InChI=1S/C13H18N6S/c1-7-10(16-8(2)13-15-5-6-20-13)17-12(9-3-4-9)18-11(7)19-14/h5-6,8-9H,3-4,14H2,1-2H3,(H2,16,17,18,19). The molecule has 0 aliphatic heterocycles. The molecule has 1 aliphatic carbocycles. The first-order valence-corrected chi connectivity index (χ1v) is 7.58. The van der Waals surface area contributed by atoms with Crippen molar-refractivity contribution in [3.05, 3.63) is 28.0 Å². The lowest BCUT2D eigenvalue weighted by molar-refractivity contribution is 0.839. The van der Waals surface area contributed by atoms with Crippen molar-refractivity contribution in [1.29, 1.82) is 0 Å². The zero-order valence-electron chi connectivity index (χ0n) is 11.6. The maximum atomic E-state index is 5.56. The number of aromatic nitrogens is 3. The van der Waals surface area contributed by atoms with Crippen LogP contribution in [0.25, 0.3) is 0 Å². The lowest BCUT2D eigenvalue weighted by Crippen LogP contribution is -2.16. The Morgan fingerprint density at radius 3 is 2.70 bits per heavy atom. The molecule has 1 saturated carbocycles. The van der Waals surface area contributed by atoms with Gasteiger partial charge in [0.1, 0.15) is 22.5 Å². The molecule has 7 heteroatoms. The number of nitrogens with two attached hydrogens (primary N) is 1. The summed E-state index contributed by atoms with van der Waals surface area (Å²) in [6.45, 7) is 4.04. The van der Waals surface area contributed by atoms with E-state index >= 15 is 0 Å². The molecule has 4 N–H and O–H groups in total. The van der Waals surface area contributed by atoms with Crippen LogP contribution in [0, 0.1) is 6.92 Å². The van der Waals surface area contributed by atoms with Crippen LogP contribution in [0.3, 0.4) is 0 Å². The monoisotopic (exact) mass is 290 g/mol. The van der Waals surface area contributed by atoms with Crippen molar-refractivity contribution in [2.24, 2.45) is 5.84 Å². The maximum absolute atomic E-state index is 5.56. The topological polar surface area (TPSA) is 88.8 Å². The molecule has 20 heavy (non-hydrogen) atoms. The van der Waals surface area contributed by atoms with E-state index in [-0.39, 0.29) is 6.04 Å². The van der Waals surface area contributed by atoms with Gasteiger partial charge in [0.05, 0.1) is 6.04 Å². The number of anilines is 2. The summed E-state index contributed by atoms with van der Waals surface area (Å²) in [6.07, 6.45) is 4.14. The molecule has 1 atom stereocenters. The molecule has 0 spiro atoms. The minimum Gasteiger partial charge on any atom is -0.361 e. The van der Waals surface area contributed by atoms with E-state index < -0.39 is 0 Å². The third-order valence-electron chi connectivity index (χ3n) is 3.42. The number of nitrogens with zero attached hydrogens (tertiary/aromatic N) is 3. The quantitative estimate of drug-likeness (QED) is 0.579. The predicted molar refractivity (Wildman–Crippen MR) is 80.7 cm³/mol. The molecule has 0 radical (unpaired) electrons. The van der Waals surface area contributed by atoms with Gasteiger partial charge in [0.25, 0.3) is 0 Å². The second-order valence-electron chi connectivity index (χ2n) is 5.06. The van der Waals surface area contributed by atoms with Crippen LogP contribution in [0.1, 0.15) is 48.1 Å². The highest BCUT2D eigenvalue weighted by Gasteiger charge is 2.28. The van der Waals surface area contributed by atoms with Gasteiger partial charge >= 0.3 is 0 Å². The Kier molecular flexibility index (Phi) is 3.54. The van der Waals surface area contributed by atoms with E-state index in [1.807, 2.05) is 18.5 Å². The number of nitrogen functional groups attached to an aromatic ring is 1. The average Bonchev–Trinajstić information content (AvgIpc) is 3.15. The molecular formula is C13H18N6S. The van der Waals surface area contributed by atoms with Gasteiger partial charge in [-0.3, -0.25) is 0 Å². The molecule has 0 amide bonds. The SMILES string of the molecule is Cc1c(NN)nc(C2CC2)nc1NC(C)c1nccs1.